The molecule has 0 bridgehead atoms. The molecular formula is C20H27N3O. The van der Waals surface area contributed by atoms with E-state index in [2.05, 4.69) is 42.9 Å². The number of amides is 1. The molecule has 0 unspecified atom stereocenters. The molecule has 1 aliphatic heterocycles. The average Bonchev–Trinajstić information content (AvgIpc) is 2.53. The van der Waals surface area contributed by atoms with Gasteiger partial charge >= 0.3 is 0 Å². The van der Waals surface area contributed by atoms with Crippen LogP contribution in [0, 0.1) is 19.8 Å². The summed E-state index contributed by atoms with van der Waals surface area (Å²) in [5.41, 5.74) is 3.68. The molecule has 128 valence electrons. The molecule has 1 saturated heterocycles. The number of piperidine rings is 1. The van der Waals surface area contributed by atoms with E-state index < -0.39 is 0 Å². The third kappa shape index (κ3) is 3.16. The van der Waals surface area contributed by atoms with Gasteiger partial charge in [-0.05, 0) is 57.5 Å². The monoisotopic (exact) mass is 325 g/mol. The van der Waals surface area contributed by atoms with Crippen molar-refractivity contribution in [3.63, 3.8) is 0 Å². The summed E-state index contributed by atoms with van der Waals surface area (Å²) < 4.78 is 0. The predicted molar refractivity (Wildman–Crippen MR) is 98.4 cm³/mol. The highest BCUT2D eigenvalue weighted by atomic mass is 16.2. The van der Waals surface area contributed by atoms with Crippen molar-refractivity contribution in [1.82, 2.24) is 14.8 Å². The quantitative estimate of drug-likeness (QED) is 0.850. The number of fused-ring (bicyclic) bond motifs is 1. The predicted octanol–water partition coefficient (Wildman–Crippen LogP) is 3.26. The maximum Gasteiger partial charge on any atom is 0.255 e. The number of hydrogen-bond donors (Lipinski definition) is 0. The topological polar surface area (TPSA) is 36.4 Å². The molecule has 2 heterocycles. The molecule has 1 amide bonds. The van der Waals surface area contributed by atoms with Gasteiger partial charge in [0.05, 0.1) is 16.8 Å². The Bertz CT molecular complexity index is 771. The van der Waals surface area contributed by atoms with Gasteiger partial charge in [0.15, 0.2) is 0 Å². The minimum Gasteiger partial charge on any atom is -0.338 e. The molecule has 0 aliphatic carbocycles. The van der Waals surface area contributed by atoms with Crippen molar-refractivity contribution in [1.29, 1.82) is 0 Å². The van der Waals surface area contributed by atoms with Crippen molar-refractivity contribution in [2.24, 2.45) is 5.92 Å². The van der Waals surface area contributed by atoms with Gasteiger partial charge in [0, 0.05) is 25.0 Å². The Morgan fingerprint density at radius 1 is 1.29 bits per heavy atom. The van der Waals surface area contributed by atoms with Gasteiger partial charge in [-0.2, -0.15) is 0 Å². The Balaban J connectivity index is 1.90. The number of carbonyl (C=O) groups excluding carboxylic acids is 1. The largest absolute Gasteiger partial charge is 0.338 e. The zero-order valence-electron chi connectivity index (χ0n) is 15.3. The van der Waals surface area contributed by atoms with Crippen molar-refractivity contribution in [3.05, 3.63) is 41.1 Å². The van der Waals surface area contributed by atoms with E-state index in [9.17, 15) is 4.79 Å². The van der Waals surface area contributed by atoms with Crippen LogP contribution in [0.4, 0.5) is 0 Å². The summed E-state index contributed by atoms with van der Waals surface area (Å²) in [5.74, 6) is 0.568. The van der Waals surface area contributed by atoms with Crippen LogP contribution in [0.2, 0.25) is 0 Å². The van der Waals surface area contributed by atoms with E-state index in [1.807, 2.05) is 31.0 Å². The van der Waals surface area contributed by atoms with Crippen LogP contribution >= 0.6 is 0 Å². The van der Waals surface area contributed by atoms with E-state index in [1.165, 1.54) is 5.56 Å². The van der Waals surface area contributed by atoms with Crippen LogP contribution in [0.5, 0.6) is 0 Å². The van der Waals surface area contributed by atoms with E-state index in [4.69, 9.17) is 0 Å². The highest BCUT2D eigenvalue weighted by Gasteiger charge is 2.31. The second-order valence-electron chi connectivity index (χ2n) is 7.33. The van der Waals surface area contributed by atoms with Gasteiger partial charge in [0.2, 0.25) is 0 Å². The number of benzene rings is 1. The van der Waals surface area contributed by atoms with Crippen molar-refractivity contribution < 1.29 is 4.79 Å². The zero-order chi connectivity index (χ0) is 17.4. The van der Waals surface area contributed by atoms with Crippen LogP contribution < -0.4 is 0 Å². The molecule has 3 rings (SSSR count). The molecule has 4 nitrogen and oxygen atoms in total. The first-order valence-electron chi connectivity index (χ1n) is 8.70. The molecule has 1 fully saturated rings. The summed E-state index contributed by atoms with van der Waals surface area (Å²) >= 11 is 0. The fourth-order valence-electron chi connectivity index (χ4n) is 3.85. The SMILES string of the molecule is Cc1ccc2cc(C(=O)N(C)[C@@H]3CCN(C)C[C@@H]3C)c(C)nc2c1. The van der Waals surface area contributed by atoms with E-state index in [0.29, 0.717) is 12.0 Å². The van der Waals surface area contributed by atoms with Gasteiger partial charge in [0.1, 0.15) is 0 Å². The molecule has 2 atom stereocenters. The number of pyridine rings is 1. The first-order valence-corrected chi connectivity index (χ1v) is 8.70. The van der Waals surface area contributed by atoms with E-state index >= 15 is 0 Å². The lowest BCUT2D eigenvalue weighted by atomic mass is 9.92. The van der Waals surface area contributed by atoms with Crippen molar-refractivity contribution in [2.75, 3.05) is 27.2 Å². The maximum atomic E-state index is 13.1. The normalized spacial score (nSPS) is 21.9. The standard InChI is InChI=1S/C20H27N3O/c1-13-6-7-16-11-17(15(3)21-18(16)10-13)20(24)23(5)19-8-9-22(4)12-14(19)2/h6-7,10-11,14,19H,8-9,12H2,1-5H3/t14-,19+/m0/s1. The lowest BCUT2D eigenvalue weighted by Gasteiger charge is -2.40. The van der Waals surface area contributed by atoms with E-state index in [1.54, 1.807) is 0 Å². The van der Waals surface area contributed by atoms with Crippen molar-refractivity contribution in [3.8, 4) is 0 Å². The highest BCUT2D eigenvalue weighted by molar-refractivity contribution is 5.98. The van der Waals surface area contributed by atoms with Crippen LogP contribution in [0.1, 0.15) is 35.0 Å². The second-order valence-corrected chi connectivity index (χ2v) is 7.33. The molecule has 0 saturated carbocycles. The Kier molecular flexibility index (Phi) is 4.59. The number of nitrogens with zero attached hydrogens (tertiary/aromatic N) is 3. The van der Waals surface area contributed by atoms with E-state index in [0.717, 1.165) is 41.7 Å². The fourth-order valence-corrected chi connectivity index (χ4v) is 3.85. The minimum atomic E-state index is 0.0869. The molecule has 0 spiro atoms. The first kappa shape index (κ1) is 16.9. The summed E-state index contributed by atoms with van der Waals surface area (Å²) in [6.07, 6.45) is 1.03. The van der Waals surface area contributed by atoms with Gasteiger partial charge in [-0.15, -0.1) is 0 Å². The van der Waals surface area contributed by atoms with Crippen LogP contribution in [0.3, 0.4) is 0 Å². The summed E-state index contributed by atoms with van der Waals surface area (Å²) in [4.78, 5) is 22.0. The van der Waals surface area contributed by atoms with Gasteiger partial charge in [-0.1, -0.05) is 19.1 Å². The summed E-state index contributed by atoms with van der Waals surface area (Å²) in [7, 11) is 4.08. The van der Waals surface area contributed by atoms with Gasteiger partial charge in [0.25, 0.3) is 5.91 Å². The molecule has 1 aromatic heterocycles. The third-order valence-electron chi connectivity index (χ3n) is 5.28. The van der Waals surface area contributed by atoms with Crippen molar-refractivity contribution >= 4 is 16.8 Å². The number of aromatic nitrogens is 1. The van der Waals surface area contributed by atoms with E-state index in [-0.39, 0.29) is 5.91 Å². The third-order valence-corrected chi connectivity index (χ3v) is 5.28. The Morgan fingerprint density at radius 2 is 2.04 bits per heavy atom. The summed E-state index contributed by atoms with van der Waals surface area (Å²) in [6, 6.07) is 8.47. The molecule has 1 aromatic carbocycles. The highest BCUT2D eigenvalue weighted by Crippen LogP contribution is 2.24. The van der Waals surface area contributed by atoms with Crippen LogP contribution in [0.15, 0.2) is 24.3 Å². The summed E-state index contributed by atoms with van der Waals surface area (Å²) in [6.45, 7) is 8.31. The van der Waals surface area contributed by atoms with Gasteiger partial charge in [-0.3, -0.25) is 9.78 Å². The maximum absolute atomic E-state index is 13.1. The minimum absolute atomic E-state index is 0.0869. The molecule has 4 heteroatoms. The molecular weight excluding hydrogens is 298 g/mol. The lowest BCUT2D eigenvalue weighted by molar-refractivity contribution is 0.0548. The van der Waals surface area contributed by atoms with Gasteiger partial charge in [-0.25, -0.2) is 0 Å². The number of likely N-dealkylation sites (tertiary alicyclic amines) is 1. The number of carbonyl (C=O) groups is 1. The second kappa shape index (κ2) is 6.52. The fraction of sp³-hybridized carbons (Fsp3) is 0.500. The number of hydrogen-bond acceptors (Lipinski definition) is 3. The smallest absolute Gasteiger partial charge is 0.255 e. The first-order chi connectivity index (χ1) is 11.4. The Labute approximate surface area is 144 Å². The molecule has 0 N–H and O–H groups in total. The Morgan fingerprint density at radius 3 is 2.75 bits per heavy atom. The lowest BCUT2D eigenvalue weighted by Crippen LogP contribution is -2.49. The van der Waals surface area contributed by atoms with Crippen molar-refractivity contribution in [2.45, 2.75) is 33.2 Å². The van der Waals surface area contributed by atoms with Gasteiger partial charge < -0.3 is 9.80 Å². The Hall–Kier alpha value is -1.94. The zero-order valence-corrected chi connectivity index (χ0v) is 15.3. The van der Waals surface area contributed by atoms with Crippen LogP contribution in [-0.2, 0) is 0 Å². The average molecular weight is 325 g/mol. The number of aryl methyl sites for hydroxylation is 2. The van der Waals surface area contributed by atoms with Crippen LogP contribution in [-0.4, -0.2) is 53.9 Å². The van der Waals surface area contributed by atoms with Crippen LogP contribution in [0.25, 0.3) is 10.9 Å². The number of rotatable bonds is 2. The molecule has 24 heavy (non-hydrogen) atoms. The summed E-state index contributed by atoms with van der Waals surface area (Å²) in [5, 5.41) is 1.03. The molecule has 2 aromatic rings. The molecule has 1 aliphatic rings. The molecule has 0 radical (unpaired) electrons.